The average molecular weight is 417 g/mol. The first kappa shape index (κ1) is 21.8. The number of nitrogens with zero attached hydrogens (tertiary/aromatic N) is 1. The quantitative estimate of drug-likeness (QED) is 0.308. The number of ether oxygens (including phenoxy) is 1. The summed E-state index contributed by atoms with van der Waals surface area (Å²) in [5.41, 5.74) is 1.15. The number of benzene rings is 1. The molecule has 0 saturated heterocycles. The highest BCUT2D eigenvalue weighted by Crippen LogP contribution is 2.33. The highest BCUT2D eigenvalue weighted by molar-refractivity contribution is 7.18. The number of non-ortho nitro benzene ring substituents is 1. The zero-order chi connectivity index (χ0) is 21.6. The van der Waals surface area contributed by atoms with Crippen LogP contribution in [0.25, 0.3) is 6.08 Å². The zero-order valence-corrected chi connectivity index (χ0v) is 16.8. The number of rotatable bonds is 7. The third-order valence-electron chi connectivity index (χ3n) is 3.83. The van der Waals surface area contributed by atoms with Crippen molar-refractivity contribution in [1.82, 2.24) is 5.32 Å². The Hall–Kier alpha value is -3.53. The van der Waals surface area contributed by atoms with Gasteiger partial charge in [-0.25, -0.2) is 4.79 Å². The molecule has 0 bridgehead atoms. The predicted octanol–water partition coefficient (Wildman–Crippen LogP) is 3.15. The van der Waals surface area contributed by atoms with Gasteiger partial charge in [0.25, 0.3) is 11.6 Å². The number of anilines is 1. The number of esters is 1. The van der Waals surface area contributed by atoms with Crippen LogP contribution >= 0.6 is 11.3 Å². The molecule has 2 rings (SSSR count). The molecule has 0 spiro atoms. The van der Waals surface area contributed by atoms with Crippen molar-refractivity contribution in [1.29, 1.82) is 0 Å². The van der Waals surface area contributed by atoms with E-state index in [0.717, 1.165) is 11.3 Å². The Balaban J connectivity index is 2.24. The van der Waals surface area contributed by atoms with Crippen LogP contribution in [0.2, 0.25) is 0 Å². The molecule has 0 aliphatic carbocycles. The monoisotopic (exact) mass is 417 g/mol. The number of nitrogens with one attached hydrogen (secondary N) is 2. The maximum Gasteiger partial charge on any atom is 0.348 e. The molecule has 0 saturated carbocycles. The molecule has 152 valence electrons. The molecule has 1 heterocycles. The van der Waals surface area contributed by atoms with E-state index in [-0.39, 0.29) is 27.7 Å². The molecule has 0 atom stereocenters. The minimum absolute atomic E-state index is 0.0534. The summed E-state index contributed by atoms with van der Waals surface area (Å²) in [7, 11) is 1.45. The number of carbonyl (C=O) groups is 3. The minimum atomic E-state index is -0.568. The van der Waals surface area contributed by atoms with Crippen molar-refractivity contribution in [2.45, 2.75) is 13.8 Å². The second-order valence-corrected chi connectivity index (χ2v) is 6.75. The fraction of sp³-hybridized carbons (Fsp3) is 0.211. The van der Waals surface area contributed by atoms with E-state index >= 15 is 0 Å². The fourth-order valence-corrected chi connectivity index (χ4v) is 3.52. The van der Waals surface area contributed by atoms with Gasteiger partial charge in [0.2, 0.25) is 5.91 Å². The SMILES string of the molecule is CCOC(=O)c1sc(NC(=O)/C=C/c2ccc([N+](=O)[O-])cc2)c(C(=O)NC)c1C. The van der Waals surface area contributed by atoms with Gasteiger partial charge >= 0.3 is 5.97 Å². The summed E-state index contributed by atoms with van der Waals surface area (Å²) in [5, 5.41) is 16.0. The molecule has 0 fully saturated rings. The lowest BCUT2D eigenvalue weighted by molar-refractivity contribution is -0.384. The van der Waals surface area contributed by atoms with Gasteiger partial charge in [0.15, 0.2) is 0 Å². The Morgan fingerprint density at radius 3 is 2.45 bits per heavy atom. The minimum Gasteiger partial charge on any atom is -0.462 e. The molecular formula is C19H19N3O6S. The van der Waals surface area contributed by atoms with Gasteiger partial charge in [-0.15, -0.1) is 11.3 Å². The Morgan fingerprint density at radius 1 is 1.24 bits per heavy atom. The van der Waals surface area contributed by atoms with Gasteiger partial charge < -0.3 is 15.4 Å². The van der Waals surface area contributed by atoms with Gasteiger partial charge in [0.1, 0.15) is 9.88 Å². The van der Waals surface area contributed by atoms with Crippen LogP contribution in [0.1, 0.15) is 38.1 Å². The van der Waals surface area contributed by atoms with Crippen molar-refractivity contribution in [2.24, 2.45) is 0 Å². The topological polar surface area (TPSA) is 128 Å². The van der Waals surface area contributed by atoms with Crippen molar-refractivity contribution in [3.05, 3.63) is 62.0 Å². The van der Waals surface area contributed by atoms with Crippen molar-refractivity contribution >= 4 is 45.9 Å². The highest BCUT2D eigenvalue weighted by Gasteiger charge is 2.25. The van der Waals surface area contributed by atoms with Crippen molar-refractivity contribution in [3.8, 4) is 0 Å². The van der Waals surface area contributed by atoms with E-state index in [2.05, 4.69) is 10.6 Å². The lowest BCUT2D eigenvalue weighted by Gasteiger charge is -2.04. The maximum absolute atomic E-state index is 12.3. The second kappa shape index (κ2) is 9.60. The van der Waals surface area contributed by atoms with Crippen LogP contribution in [0.4, 0.5) is 10.7 Å². The van der Waals surface area contributed by atoms with Crippen LogP contribution in [0.5, 0.6) is 0 Å². The standard InChI is InChI=1S/C19H19N3O6S/c1-4-28-19(25)16-11(2)15(17(24)20-3)18(29-16)21-14(23)10-7-12-5-8-13(9-6-12)22(26)27/h5-10H,4H2,1-3H3,(H,20,24)(H,21,23)/b10-7+. The molecule has 0 radical (unpaired) electrons. The largest absolute Gasteiger partial charge is 0.462 e. The third-order valence-corrected chi connectivity index (χ3v) is 5.02. The molecule has 2 N–H and O–H groups in total. The Morgan fingerprint density at radius 2 is 1.90 bits per heavy atom. The van der Waals surface area contributed by atoms with Gasteiger partial charge in [-0.05, 0) is 43.2 Å². The highest BCUT2D eigenvalue weighted by atomic mass is 32.1. The summed E-state index contributed by atoms with van der Waals surface area (Å²) < 4.78 is 4.99. The van der Waals surface area contributed by atoms with Crippen molar-refractivity contribution in [2.75, 3.05) is 19.0 Å². The number of nitro benzene ring substituents is 1. The van der Waals surface area contributed by atoms with Gasteiger partial charge in [-0.1, -0.05) is 0 Å². The molecular weight excluding hydrogens is 398 g/mol. The molecule has 1 aromatic heterocycles. The third kappa shape index (κ3) is 5.26. The predicted molar refractivity (Wildman–Crippen MR) is 109 cm³/mol. The van der Waals surface area contributed by atoms with E-state index < -0.39 is 22.7 Å². The van der Waals surface area contributed by atoms with E-state index in [1.807, 2.05) is 0 Å². The first-order valence-corrected chi connectivity index (χ1v) is 9.36. The van der Waals surface area contributed by atoms with E-state index in [9.17, 15) is 24.5 Å². The number of thiophene rings is 1. The number of hydrogen-bond donors (Lipinski definition) is 2. The van der Waals surface area contributed by atoms with Gasteiger partial charge in [-0.3, -0.25) is 19.7 Å². The Kier molecular flexibility index (Phi) is 7.21. The first-order chi connectivity index (χ1) is 13.8. The van der Waals surface area contributed by atoms with E-state index in [4.69, 9.17) is 4.74 Å². The molecule has 1 aromatic carbocycles. The molecule has 0 aliphatic rings. The van der Waals surface area contributed by atoms with Crippen LogP contribution in [0, 0.1) is 17.0 Å². The molecule has 2 amide bonds. The lowest BCUT2D eigenvalue weighted by atomic mass is 10.1. The van der Waals surface area contributed by atoms with Crippen LogP contribution in [-0.4, -0.2) is 36.4 Å². The van der Waals surface area contributed by atoms with E-state index in [0.29, 0.717) is 11.1 Å². The molecule has 10 heteroatoms. The average Bonchev–Trinajstić information content (AvgIpc) is 3.02. The molecule has 0 aliphatic heterocycles. The normalized spacial score (nSPS) is 10.6. The number of nitro groups is 1. The van der Waals surface area contributed by atoms with Crippen molar-refractivity contribution in [3.63, 3.8) is 0 Å². The zero-order valence-electron chi connectivity index (χ0n) is 16.0. The van der Waals surface area contributed by atoms with Crippen molar-refractivity contribution < 1.29 is 24.0 Å². The summed E-state index contributed by atoms with van der Waals surface area (Å²) in [5.74, 6) is -1.53. The number of amides is 2. The van der Waals surface area contributed by atoms with Crippen LogP contribution < -0.4 is 10.6 Å². The Labute approximate surface area is 170 Å². The van der Waals surface area contributed by atoms with Crippen LogP contribution in [0.3, 0.4) is 0 Å². The number of carbonyl (C=O) groups excluding carboxylic acids is 3. The summed E-state index contributed by atoms with van der Waals surface area (Å²) in [4.78, 5) is 47.0. The summed E-state index contributed by atoms with van der Waals surface area (Å²) in [6.45, 7) is 3.47. The van der Waals surface area contributed by atoms with Gasteiger partial charge in [0.05, 0.1) is 17.1 Å². The number of hydrogen-bond acceptors (Lipinski definition) is 7. The second-order valence-electron chi connectivity index (χ2n) is 5.73. The molecule has 2 aromatic rings. The lowest BCUT2D eigenvalue weighted by Crippen LogP contribution is -2.20. The summed E-state index contributed by atoms with van der Waals surface area (Å²) in [6, 6.07) is 5.67. The maximum atomic E-state index is 12.3. The van der Waals surface area contributed by atoms with Gasteiger partial charge in [-0.2, -0.15) is 0 Å². The fourth-order valence-electron chi connectivity index (χ4n) is 2.42. The molecule has 29 heavy (non-hydrogen) atoms. The molecule has 0 unspecified atom stereocenters. The van der Waals surface area contributed by atoms with E-state index in [1.54, 1.807) is 13.8 Å². The van der Waals surface area contributed by atoms with Crippen LogP contribution in [0.15, 0.2) is 30.3 Å². The smallest absolute Gasteiger partial charge is 0.348 e. The summed E-state index contributed by atoms with van der Waals surface area (Å²) >= 11 is 0.957. The Bertz CT molecular complexity index is 979. The van der Waals surface area contributed by atoms with E-state index in [1.165, 1.54) is 43.5 Å². The molecule has 9 nitrogen and oxygen atoms in total. The first-order valence-electron chi connectivity index (χ1n) is 8.54. The summed E-state index contributed by atoms with van der Waals surface area (Å²) in [6.07, 6.45) is 2.71. The van der Waals surface area contributed by atoms with Gasteiger partial charge in [0, 0.05) is 25.3 Å². The van der Waals surface area contributed by atoms with Crippen LogP contribution in [-0.2, 0) is 9.53 Å².